The second kappa shape index (κ2) is 10.2. The van der Waals surface area contributed by atoms with E-state index in [0.717, 1.165) is 30.4 Å². The Morgan fingerprint density at radius 2 is 2.00 bits per heavy atom. The van der Waals surface area contributed by atoms with E-state index in [1.165, 1.54) is 4.90 Å². The fourth-order valence-corrected chi connectivity index (χ4v) is 6.55. The molecule has 0 spiro atoms. The largest absolute Gasteiger partial charge is 0.478 e. The van der Waals surface area contributed by atoms with Crippen LogP contribution < -0.4 is 5.32 Å². The lowest BCUT2D eigenvalue weighted by atomic mass is 10.0. The Labute approximate surface area is 227 Å². The Morgan fingerprint density at radius 1 is 1.23 bits per heavy atom. The first-order chi connectivity index (χ1) is 18.5. The second-order valence-corrected chi connectivity index (χ2v) is 11.9. The van der Waals surface area contributed by atoms with Crippen molar-refractivity contribution in [3.63, 3.8) is 0 Å². The van der Waals surface area contributed by atoms with Crippen molar-refractivity contribution in [1.82, 2.24) is 20.0 Å². The lowest BCUT2D eigenvalue weighted by molar-refractivity contribution is -0.141. The van der Waals surface area contributed by atoms with Crippen molar-refractivity contribution in [3.8, 4) is 6.07 Å². The molecule has 1 aromatic carbocycles. The molecule has 4 aliphatic rings. The van der Waals surface area contributed by atoms with Crippen LogP contribution in [-0.4, -0.2) is 93.1 Å². The van der Waals surface area contributed by atoms with Gasteiger partial charge >= 0.3 is 12.1 Å². The van der Waals surface area contributed by atoms with Gasteiger partial charge in [0.1, 0.15) is 17.7 Å². The number of hydrogen-bond donors (Lipinski definition) is 2. The minimum Gasteiger partial charge on any atom is -0.478 e. The Hall–Kier alpha value is -3.65. The first kappa shape index (κ1) is 26.9. The number of alkyl carbamates (subject to hydrolysis) is 1. The molecule has 3 saturated heterocycles. The quantitative estimate of drug-likeness (QED) is 0.561. The van der Waals surface area contributed by atoms with Crippen molar-refractivity contribution in [1.29, 1.82) is 5.26 Å². The van der Waals surface area contributed by atoms with Crippen LogP contribution in [0.5, 0.6) is 0 Å². The normalized spacial score (nSPS) is 26.9. The van der Waals surface area contributed by atoms with Gasteiger partial charge in [0.15, 0.2) is 0 Å². The van der Waals surface area contributed by atoms with Gasteiger partial charge in [-0.05, 0) is 76.1 Å². The first-order valence-corrected chi connectivity index (χ1v) is 13.6. The number of nitrogens with one attached hydrogen (secondary N) is 1. The second-order valence-electron chi connectivity index (χ2n) is 11.9. The highest BCUT2D eigenvalue weighted by atomic mass is 16.6. The van der Waals surface area contributed by atoms with Gasteiger partial charge in [-0.2, -0.15) is 5.26 Å². The fourth-order valence-electron chi connectivity index (χ4n) is 6.55. The van der Waals surface area contributed by atoms with Crippen molar-refractivity contribution in [3.05, 3.63) is 34.9 Å². The molecule has 3 aliphatic heterocycles. The molecule has 3 unspecified atom stereocenters. The molecule has 208 valence electrons. The van der Waals surface area contributed by atoms with Crippen LogP contribution in [-0.2, 0) is 20.7 Å². The standard InChI is InChI=1S/C28H35N5O6/c1-28(2,3)39-27(38)30-21(24(34)32-10-4-5-18(32)13-29)15-31-14-19-12-23(31)25(35)33(19)22-9-7-16-11-17(26(36)37)6-8-20(16)22/h6,8,11,18-19,21-23H,4-5,7,9-10,12,14-15H2,1-3H3,(H,30,38)(H,36,37)/t18?,19-,21?,22-,23?/m0/s1. The third-order valence-corrected chi connectivity index (χ3v) is 8.18. The summed E-state index contributed by atoms with van der Waals surface area (Å²) in [6.07, 6.45) is 2.71. The molecule has 0 radical (unpaired) electrons. The van der Waals surface area contributed by atoms with Crippen LogP contribution in [0.3, 0.4) is 0 Å². The van der Waals surface area contributed by atoms with Gasteiger partial charge in [0.25, 0.3) is 0 Å². The number of aryl methyl sites for hydroxylation is 1. The number of aromatic carboxylic acids is 1. The molecule has 11 nitrogen and oxygen atoms in total. The fraction of sp³-hybridized carbons (Fsp3) is 0.607. The summed E-state index contributed by atoms with van der Waals surface area (Å²) in [7, 11) is 0. The SMILES string of the molecule is CC(C)(C)OC(=O)NC(CN1C[C@@H]2CC1C(=O)N2[C@H]1CCc2cc(C(=O)O)ccc21)C(=O)N1CCCC1C#N. The number of carboxylic acid groups (broad SMARTS) is 1. The van der Waals surface area contributed by atoms with Gasteiger partial charge in [-0.3, -0.25) is 14.5 Å². The number of carboxylic acids is 1. The van der Waals surface area contributed by atoms with Crippen LogP contribution in [0.1, 0.15) is 74.0 Å². The van der Waals surface area contributed by atoms with Gasteiger partial charge in [-0.1, -0.05) is 6.07 Å². The minimum absolute atomic E-state index is 0.00838. The maximum absolute atomic E-state index is 13.6. The number of amides is 3. The minimum atomic E-state index is -0.965. The number of likely N-dealkylation sites (tertiary alicyclic amines) is 3. The Bertz CT molecular complexity index is 1240. The summed E-state index contributed by atoms with van der Waals surface area (Å²) in [6.45, 7) is 6.39. The monoisotopic (exact) mass is 537 g/mol. The number of rotatable bonds is 6. The lowest BCUT2D eigenvalue weighted by Crippen LogP contribution is -2.59. The van der Waals surface area contributed by atoms with Crippen LogP contribution in [0.4, 0.5) is 4.79 Å². The summed E-state index contributed by atoms with van der Waals surface area (Å²) in [4.78, 5) is 56.6. The number of nitrogens with zero attached hydrogens (tertiary/aromatic N) is 4. The molecule has 3 amide bonds. The first-order valence-electron chi connectivity index (χ1n) is 13.6. The van der Waals surface area contributed by atoms with E-state index in [2.05, 4.69) is 11.4 Å². The lowest BCUT2D eigenvalue weighted by Gasteiger charge is -2.39. The number of benzene rings is 1. The molecule has 1 aliphatic carbocycles. The van der Waals surface area contributed by atoms with Crippen molar-refractivity contribution in [2.45, 2.75) is 88.7 Å². The summed E-state index contributed by atoms with van der Waals surface area (Å²) in [5.41, 5.74) is 1.48. The molecule has 3 heterocycles. The summed E-state index contributed by atoms with van der Waals surface area (Å²) < 4.78 is 5.41. The highest BCUT2D eigenvalue weighted by Crippen LogP contribution is 2.44. The van der Waals surface area contributed by atoms with Crippen LogP contribution in [0.25, 0.3) is 0 Å². The molecular formula is C28H35N5O6. The van der Waals surface area contributed by atoms with Gasteiger partial charge in [0.05, 0.1) is 23.7 Å². The van der Waals surface area contributed by atoms with E-state index in [1.54, 1.807) is 32.9 Å². The molecule has 1 aromatic rings. The summed E-state index contributed by atoms with van der Waals surface area (Å²) >= 11 is 0. The number of piperazine rings is 1. The van der Waals surface area contributed by atoms with Gasteiger partial charge < -0.3 is 25.0 Å². The van der Waals surface area contributed by atoms with Crippen LogP contribution >= 0.6 is 0 Å². The van der Waals surface area contributed by atoms with E-state index in [9.17, 15) is 29.5 Å². The number of carbonyl (C=O) groups excluding carboxylic acids is 3. The van der Waals surface area contributed by atoms with Crippen LogP contribution in [0.15, 0.2) is 18.2 Å². The van der Waals surface area contributed by atoms with Gasteiger partial charge in [-0.25, -0.2) is 9.59 Å². The van der Waals surface area contributed by atoms with Crippen LogP contribution in [0, 0.1) is 11.3 Å². The van der Waals surface area contributed by atoms with Gasteiger partial charge in [0, 0.05) is 25.7 Å². The van der Waals surface area contributed by atoms with Crippen molar-refractivity contribution in [2.75, 3.05) is 19.6 Å². The highest BCUT2D eigenvalue weighted by Gasteiger charge is 2.53. The molecule has 39 heavy (non-hydrogen) atoms. The number of nitriles is 1. The van der Waals surface area contributed by atoms with Crippen molar-refractivity contribution < 1.29 is 29.0 Å². The molecule has 0 saturated carbocycles. The number of fused-ring (bicyclic) bond motifs is 3. The topological polar surface area (TPSA) is 143 Å². The van der Waals surface area contributed by atoms with E-state index in [0.29, 0.717) is 25.9 Å². The van der Waals surface area contributed by atoms with E-state index < -0.39 is 35.8 Å². The van der Waals surface area contributed by atoms with E-state index >= 15 is 0 Å². The van der Waals surface area contributed by atoms with Gasteiger partial charge in [-0.15, -0.1) is 0 Å². The van der Waals surface area contributed by atoms with Gasteiger partial charge in [0.2, 0.25) is 11.8 Å². The predicted molar refractivity (Wildman–Crippen MR) is 139 cm³/mol. The zero-order valence-electron chi connectivity index (χ0n) is 22.6. The number of ether oxygens (including phenoxy) is 1. The Morgan fingerprint density at radius 3 is 2.67 bits per heavy atom. The Kier molecular flexibility index (Phi) is 7.01. The number of hydrogen-bond acceptors (Lipinski definition) is 7. The zero-order chi connectivity index (χ0) is 28.1. The molecular weight excluding hydrogens is 502 g/mol. The molecule has 2 bridgehead atoms. The number of carbonyl (C=O) groups is 4. The summed E-state index contributed by atoms with van der Waals surface area (Å²) in [5, 5.41) is 21.5. The predicted octanol–water partition coefficient (Wildman–Crippen LogP) is 2.07. The molecule has 0 aromatic heterocycles. The smallest absolute Gasteiger partial charge is 0.408 e. The molecule has 5 atom stereocenters. The third kappa shape index (κ3) is 5.17. The summed E-state index contributed by atoms with van der Waals surface area (Å²) in [6, 6.07) is 5.29. The Balaban J connectivity index is 1.30. The highest BCUT2D eigenvalue weighted by molar-refractivity contribution is 5.89. The molecule has 5 rings (SSSR count). The average molecular weight is 538 g/mol. The van der Waals surface area contributed by atoms with E-state index in [-0.39, 0.29) is 36.0 Å². The maximum Gasteiger partial charge on any atom is 0.408 e. The van der Waals surface area contributed by atoms with Crippen molar-refractivity contribution in [2.24, 2.45) is 0 Å². The maximum atomic E-state index is 13.6. The van der Waals surface area contributed by atoms with Crippen LogP contribution in [0.2, 0.25) is 0 Å². The summed E-state index contributed by atoms with van der Waals surface area (Å²) in [5.74, 6) is -1.31. The van der Waals surface area contributed by atoms with E-state index in [4.69, 9.17) is 4.74 Å². The third-order valence-electron chi connectivity index (χ3n) is 8.18. The zero-order valence-corrected chi connectivity index (χ0v) is 22.6. The molecule has 11 heteroatoms. The molecule has 2 N–H and O–H groups in total. The van der Waals surface area contributed by atoms with E-state index in [1.807, 2.05) is 15.9 Å². The average Bonchev–Trinajstić information content (AvgIpc) is 3.64. The molecule has 3 fully saturated rings. The van der Waals surface area contributed by atoms with Crippen molar-refractivity contribution >= 4 is 23.9 Å².